The molecule has 8 heteroatoms. The van der Waals surface area contributed by atoms with Gasteiger partial charge in [-0.3, -0.25) is 9.36 Å². The molecule has 0 aliphatic carbocycles. The summed E-state index contributed by atoms with van der Waals surface area (Å²) in [5.41, 5.74) is 3.39. The molecule has 184 valence electrons. The van der Waals surface area contributed by atoms with Gasteiger partial charge in [-0.05, 0) is 48.4 Å². The summed E-state index contributed by atoms with van der Waals surface area (Å²) >= 11 is 0. The molecule has 36 heavy (non-hydrogen) atoms. The van der Waals surface area contributed by atoms with Gasteiger partial charge in [0.2, 0.25) is 0 Å². The van der Waals surface area contributed by atoms with Crippen molar-refractivity contribution in [3.63, 3.8) is 0 Å². The topological polar surface area (TPSA) is 76.6 Å². The third-order valence-electron chi connectivity index (χ3n) is 6.69. The second-order valence-corrected chi connectivity index (χ2v) is 8.61. The Balaban J connectivity index is 1.93. The van der Waals surface area contributed by atoms with Gasteiger partial charge in [-0.2, -0.15) is 0 Å². The van der Waals surface area contributed by atoms with Crippen LogP contribution in [0.15, 0.2) is 70.3 Å². The van der Waals surface area contributed by atoms with Crippen LogP contribution in [-0.2, 0) is 13.6 Å². The summed E-state index contributed by atoms with van der Waals surface area (Å²) in [6, 6.07) is 18.5. The maximum atomic E-state index is 14.1. The first-order valence-corrected chi connectivity index (χ1v) is 11.5. The lowest BCUT2D eigenvalue weighted by molar-refractivity contribution is 0.355. The third kappa shape index (κ3) is 3.53. The van der Waals surface area contributed by atoms with E-state index in [0.29, 0.717) is 40.5 Å². The van der Waals surface area contributed by atoms with Crippen LogP contribution in [0.1, 0.15) is 11.1 Å². The molecule has 0 N–H and O–H groups in total. The molecule has 0 aliphatic heterocycles. The number of hydrogen-bond donors (Lipinski definition) is 0. The first-order valence-electron chi connectivity index (χ1n) is 11.5. The van der Waals surface area contributed by atoms with Crippen LogP contribution in [0.25, 0.3) is 27.6 Å². The van der Waals surface area contributed by atoms with Crippen molar-refractivity contribution >= 4 is 21.9 Å². The van der Waals surface area contributed by atoms with Gasteiger partial charge in [0, 0.05) is 18.5 Å². The SMILES string of the molecule is COc1ccc2c(c1)c1c(c(=O)n(-c3ccc(OC)c(OC)c3)c(=O)n1Cc1ccccc1C)n2C. The molecule has 0 radical (unpaired) electrons. The van der Waals surface area contributed by atoms with E-state index in [2.05, 4.69) is 0 Å². The Morgan fingerprint density at radius 1 is 0.806 bits per heavy atom. The van der Waals surface area contributed by atoms with Gasteiger partial charge >= 0.3 is 5.69 Å². The Labute approximate surface area is 207 Å². The molecule has 0 atom stereocenters. The Morgan fingerprint density at radius 3 is 2.25 bits per heavy atom. The smallest absolute Gasteiger partial charge is 0.336 e. The van der Waals surface area contributed by atoms with E-state index >= 15 is 0 Å². The van der Waals surface area contributed by atoms with Gasteiger partial charge in [-0.25, -0.2) is 9.36 Å². The molecule has 0 amide bonds. The van der Waals surface area contributed by atoms with E-state index in [0.717, 1.165) is 22.0 Å². The fourth-order valence-electron chi connectivity index (χ4n) is 4.75. The van der Waals surface area contributed by atoms with Crippen molar-refractivity contribution < 1.29 is 14.2 Å². The molecule has 3 aromatic carbocycles. The average molecular weight is 486 g/mol. The number of ether oxygens (including phenoxy) is 3. The van der Waals surface area contributed by atoms with Crippen LogP contribution in [0.4, 0.5) is 0 Å². The van der Waals surface area contributed by atoms with Gasteiger partial charge in [0.1, 0.15) is 11.3 Å². The van der Waals surface area contributed by atoms with E-state index in [9.17, 15) is 9.59 Å². The minimum atomic E-state index is -0.446. The van der Waals surface area contributed by atoms with E-state index in [-0.39, 0.29) is 0 Å². The summed E-state index contributed by atoms with van der Waals surface area (Å²) in [7, 11) is 6.48. The van der Waals surface area contributed by atoms with Crippen molar-refractivity contribution in [3.8, 4) is 22.9 Å². The van der Waals surface area contributed by atoms with Crippen LogP contribution >= 0.6 is 0 Å². The number of nitrogens with zero attached hydrogens (tertiary/aromatic N) is 3. The molecule has 0 saturated heterocycles. The van der Waals surface area contributed by atoms with Crippen LogP contribution in [-0.4, -0.2) is 35.0 Å². The number of methoxy groups -OCH3 is 3. The van der Waals surface area contributed by atoms with Crippen molar-refractivity contribution in [2.45, 2.75) is 13.5 Å². The molecule has 0 unspecified atom stereocenters. The van der Waals surface area contributed by atoms with E-state index in [1.165, 1.54) is 18.8 Å². The van der Waals surface area contributed by atoms with Gasteiger partial charge in [-0.15, -0.1) is 0 Å². The summed E-state index contributed by atoms with van der Waals surface area (Å²) in [6.07, 6.45) is 0. The second-order valence-electron chi connectivity index (χ2n) is 8.61. The maximum absolute atomic E-state index is 14.1. The quantitative estimate of drug-likeness (QED) is 0.363. The highest BCUT2D eigenvalue weighted by atomic mass is 16.5. The van der Waals surface area contributed by atoms with E-state index in [1.54, 1.807) is 29.9 Å². The Kier molecular flexibility index (Phi) is 5.80. The number of fused-ring (bicyclic) bond motifs is 3. The molecule has 0 saturated carbocycles. The largest absolute Gasteiger partial charge is 0.497 e. The summed E-state index contributed by atoms with van der Waals surface area (Å²) < 4.78 is 20.9. The predicted octanol–water partition coefficient (Wildman–Crippen LogP) is 4.03. The molecular weight excluding hydrogens is 458 g/mol. The van der Waals surface area contributed by atoms with Crippen molar-refractivity contribution in [1.82, 2.24) is 13.7 Å². The lowest BCUT2D eigenvalue weighted by atomic mass is 10.1. The Hall–Kier alpha value is -4.46. The lowest BCUT2D eigenvalue weighted by Crippen LogP contribution is -2.39. The zero-order valence-electron chi connectivity index (χ0n) is 20.9. The molecule has 2 heterocycles. The first-order chi connectivity index (χ1) is 17.4. The van der Waals surface area contributed by atoms with Gasteiger partial charge in [0.25, 0.3) is 5.56 Å². The molecule has 8 nitrogen and oxygen atoms in total. The van der Waals surface area contributed by atoms with E-state index in [4.69, 9.17) is 14.2 Å². The van der Waals surface area contributed by atoms with E-state index in [1.807, 2.05) is 61.0 Å². The fraction of sp³-hybridized carbons (Fsp3) is 0.214. The maximum Gasteiger partial charge on any atom is 0.336 e. The molecule has 0 bridgehead atoms. The van der Waals surface area contributed by atoms with Crippen molar-refractivity contribution in [3.05, 3.63) is 92.6 Å². The highest BCUT2D eigenvalue weighted by Gasteiger charge is 2.22. The molecule has 0 aliphatic rings. The van der Waals surface area contributed by atoms with Crippen LogP contribution < -0.4 is 25.5 Å². The second kappa shape index (κ2) is 8.96. The molecule has 0 fully saturated rings. The zero-order valence-corrected chi connectivity index (χ0v) is 20.9. The Morgan fingerprint density at radius 2 is 1.56 bits per heavy atom. The van der Waals surface area contributed by atoms with Crippen molar-refractivity contribution in [2.75, 3.05) is 21.3 Å². The van der Waals surface area contributed by atoms with Gasteiger partial charge in [-0.1, -0.05) is 24.3 Å². The first kappa shape index (κ1) is 23.3. The zero-order chi connectivity index (χ0) is 25.6. The molecular formula is C28H27N3O5. The van der Waals surface area contributed by atoms with Crippen LogP contribution in [0.2, 0.25) is 0 Å². The van der Waals surface area contributed by atoms with E-state index < -0.39 is 11.2 Å². The minimum Gasteiger partial charge on any atom is -0.497 e. The molecule has 2 aromatic heterocycles. The Bertz CT molecular complexity index is 1740. The molecule has 5 rings (SSSR count). The van der Waals surface area contributed by atoms with Crippen LogP contribution in [0.5, 0.6) is 17.2 Å². The van der Waals surface area contributed by atoms with Crippen molar-refractivity contribution in [2.24, 2.45) is 7.05 Å². The van der Waals surface area contributed by atoms with Gasteiger partial charge in [0.05, 0.1) is 44.6 Å². The van der Waals surface area contributed by atoms with Gasteiger partial charge < -0.3 is 18.8 Å². The standard InChI is InChI=1S/C28H27N3O5/c1-17-8-6-7-9-18(17)16-30-25-21-15-20(34-3)11-12-22(21)29(2)26(25)27(32)31(28(30)33)19-10-13-23(35-4)24(14-19)36-5/h6-15H,16H2,1-5H3. The van der Waals surface area contributed by atoms with Crippen LogP contribution in [0, 0.1) is 6.92 Å². The van der Waals surface area contributed by atoms with Crippen LogP contribution in [0.3, 0.4) is 0 Å². The number of hydrogen-bond acceptors (Lipinski definition) is 5. The number of benzene rings is 3. The fourth-order valence-corrected chi connectivity index (χ4v) is 4.75. The highest BCUT2D eigenvalue weighted by Crippen LogP contribution is 2.31. The number of aromatic nitrogens is 3. The molecule has 5 aromatic rings. The monoisotopic (exact) mass is 485 g/mol. The summed E-state index contributed by atoms with van der Waals surface area (Å²) in [5, 5.41) is 0.772. The number of aryl methyl sites for hydroxylation is 2. The number of rotatable bonds is 6. The predicted molar refractivity (Wildman–Crippen MR) is 140 cm³/mol. The third-order valence-corrected chi connectivity index (χ3v) is 6.69. The van der Waals surface area contributed by atoms with Crippen molar-refractivity contribution in [1.29, 1.82) is 0 Å². The minimum absolute atomic E-state index is 0.298. The summed E-state index contributed by atoms with van der Waals surface area (Å²) in [5.74, 6) is 1.58. The highest BCUT2D eigenvalue weighted by molar-refractivity contribution is 6.06. The summed E-state index contributed by atoms with van der Waals surface area (Å²) in [6.45, 7) is 2.31. The molecule has 0 spiro atoms. The normalized spacial score (nSPS) is 11.2. The summed E-state index contributed by atoms with van der Waals surface area (Å²) in [4.78, 5) is 28.0. The lowest BCUT2D eigenvalue weighted by Gasteiger charge is -2.15. The average Bonchev–Trinajstić information content (AvgIpc) is 3.19. The van der Waals surface area contributed by atoms with Gasteiger partial charge in [0.15, 0.2) is 11.5 Å².